The molecule has 2 nitrogen and oxygen atoms in total. The van der Waals surface area contributed by atoms with Gasteiger partial charge in [-0.05, 0) is 68.0 Å². The molecule has 1 fully saturated rings. The molecule has 1 aromatic carbocycles. The van der Waals surface area contributed by atoms with E-state index in [9.17, 15) is 0 Å². The van der Waals surface area contributed by atoms with Gasteiger partial charge in [-0.25, -0.2) is 0 Å². The molecule has 3 rings (SSSR count). The number of methoxy groups -OCH3 is 1. The first-order chi connectivity index (χ1) is 9.80. The van der Waals surface area contributed by atoms with Crippen LogP contribution in [0.3, 0.4) is 0 Å². The summed E-state index contributed by atoms with van der Waals surface area (Å²) in [5, 5.41) is 4.78. The van der Waals surface area contributed by atoms with Crippen LogP contribution in [0.15, 0.2) is 18.2 Å². The highest BCUT2D eigenvalue weighted by molar-refractivity contribution is 7.99. The molecule has 1 N–H and O–H groups in total. The van der Waals surface area contributed by atoms with Crippen molar-refractivity contribution in [1.82, 2.24) is 5.32 Å². The molecule has 3 atom stereocenters. The molecule has 0 amide bonds. The Hall–Kier alpha value is -0.670. The predicted octanol–water partition coefficient (Wildman–Crippen LogP) is 3.95. The summed E-state index contributed by atoms with van der Waals surface area (Å²) < 4.78 is 5.40. The van der Waals surface area contributed by atoms with Gasteiger partial charge in [0.15, 0.2) is 0 Å². The van der Waals surface area contributed by atoms with E-state index >= 15 is 0 Å². The van der Waals surface area contributed by atoms with Crippen LogP contribution in [0.2, 0.25) is 0 Å². The molecule has 2 aliphatic carbocycles. The summed E-state index contributed by atoms with van der Waals surface area (Å²) in [6.07, 6.45) is 10.1. The minimum atomic E-state index is 0.527. The summed E-state index contributed by atoms with van der Waals surface area (Å²) in [5.74, 6) is 0.992. The third kappa shape index (κ3) is 2.99. The molecule has 1 aromatic rings. The Morgan fingerprint density at radius 2 is 2.15 bits per heavy atom. The number of ether oxygens (including phenoxy) is 1. The molecule has 0 bridgehead atoms. The maximum atomic E-state index is 5.40. The number of aryl methyl sites for hydroxylation is 1. The van der Waals surface area contributed by atoms with E-state index in [-0.39, 0.29) is 0 Å². The highest BCUT2D eigenvalue weighted by Gasteiger charge is 2.28. The van der Waals surface area contributed by atoms with E-state index in [0.717, 1.165) is 11.0 Å². The van der Waals surface area contributed by atoms with Crippen LogP contribution in [0.5, 0.6) is 5.75 Å². The number of benzene rings is 1. The van der Waals surface area contributed by atoms with Gasteiger partial charge in [0.1, 0.15) is 5.75 Å². The van der Waals surface area contributed by atoms with Crippen molar-refractivity contribution in [2.24, 2.45) is 0 Å². The van der Waals surface area contributed by atoms with E-state index < -0.39 is 0 Å². The zero-order valence-corrected chi connectivity index (χ0v) is 13.3. The number of hydrogen-bond donors (Lipinski definition) is 1. The monoisotopic (exact) mass is 291 g/mol. The second kappa shape index (κ2) is 6.40. The third-order valence-corrected chi connectivity index (χ3v) is 5.92. The Labute approximate surface area is 126 Å². The van der Waals surface area contributed by atoms with Crippen molar-refractivity contribution in [2.75, 3.05) is 13.4 Å². The highest BCUT2D eigenvalue weighted by atomic mass is 32.2. The van der Waals surface area contributed by atoms with Gasteiger partial charge in [0.05, 0.1) is 7.11 Å². The fraction of sp³-hybridized carbons (Fsp3) is 0.647. The number of thioether (sulfide) groups is 1. The topological polar surface area (TPSA) is 21.3 Å². The number of nitrogens with one attached hydrogen (secondary N) is 1. The predicted molar refractivity (Wildman–Crippen MR) is 86.8 cm³/mol. The van der Waals surface area contributed by atoms with Gasteiger partial charge >= 0.3 is 0 Å². The normalized spacial score (nSPS) is 29.2. The standard InChI is InChI=1S/C17H25NOS/c1-19-14-8-6-12-4-3-5-17(16(12)11-14)18-13-7-9-15(10-13)20-2/h6,8,11,13,15,17-18H,3-5,7,9-10H2,1-2H3. The van der Waals surface area contributed by atoms with E-state index in [1.807, 2.05) is 11.8 Å². The van der Waals surface area contributed by atoms with Gasteiger partial charge in [0.2, 0.25) is 0 Å². The molecule has 0 heterocycles. The maximum absolute atomic E-state index is 5.40. The van der Waals surface area contributed by atoms with Crippen LogP contribution in [0.25, 0.3) is 0 Å². The molecule has 2 aliphatic rings. The summed E-state index contributed by atoms with van der Waals surface area (Å²) in [6.45, 7) is 0. The van der Waals surface area contributed by atoms with Crippen molar-refractivity contribution in [2.45, 2.75) is 55.9 Å². The number of rotatable bonds is 4. The molecule has 0 radical (unpaired) electrons. The van der Waals surface area contributed by atoms with E-state index in [2.05, 4.69) is 29.8 Å². The van der Waals surface area contributed by atoms with Crippen LogP contribution in [0.1, 0.15) is 49.3 Å². The first-order valence-corrected chi connectivity index (χ1v) is 9.04. The van der Waals surface area contributed by atoms with Crippen LogP contribution in [-0.4, -0.2) is 24.7 Å². The van der Waals surface area contributed by atoms with Gasteiger partial charge in [0, 0.05) is 17.3 Å². The van der Waals surface area contributed by atoms with Gasteiger partial charge in [0.25, 0.3) is 0 Å². The third-order valence-electron chi connectivity index (χ3n) is 4.82. The van der Waals surface area contributed by atoms with Crippen LogP contribution in [0.4, 0.5) is 0 Å². The summed E-state index contributed by atoms with van der Waals surface area (Å²) in [5.41, 5.74) is 2.98. The summed E-state index contributed by atoms with van der Waals surface area (Å²) in [4.78, 5) is 0. The lowest BCUT2D eigenvalue weighted by atomic mass is 9.87. The average molecular weight is 291 g/mol. The first kappa shape index (κ1) is 14.3. The Morgan fingerprint density at radius 3 is 2.90 bits per heavy atom. The number of fused-ring (bicyclic) bond motifs is 1. The van der Waals surface area contributed by atoms with Crippen molar-refractivity contribution in [3.63, 3.8) is 0 Å². The second-order valence-corrected chi connectivity index (χ2v) is 7.18. The van der Waals surface area contributed by atoms with Crippen LogP contribution in [0, 0.1) is 0 Å². The SMILES string of the molecule is COc1ccc2c(c1)C(NC1CCC(SC)C1)CCC2. The van der Waals surface area contributed by atoms with E-state index in [4.69, 9.17) is 4.74 Å². The lowest BCUT2D eigenvalue weighted by Crippen LogP contribution is -2.33. The van der Waals surface area contributed by atoms with Crippen molar-refractivity contribution >= 4 is 11.8 Å². The molecule has 0 saturated heterocycles. The molecular weight excluding hydrogens is 266 g/mol. The molecule has 0 aliphatic heterocycles. The molecule has 110 valence electrons. The van der Waals surface area contributed by atoms with Crippen LogP contribution >= 0.6 is 11.8 Å². The summed E-state index contributed by atoms with van der Waals surface area (Å²) >= 11 is 2.03. The van der Waals surface area contributed by atoms with Gasteiger partial charge in [-0.1, -0.05) is 6.07 Å². The Balaban J connectivity index is 1.72. The summed E-state index contributed by atoms with van der Waals surface area (Å²) in [6, 6.07) is 7.82. The Bertz CT molecular complexity index is 462. The van der Waals surface area contributed by atoms with Crippen molar-refractivity contribution in [3.05, 3.63) is 29.3 Å². The molecule has 3 unspecified atom stereocenters. The largest absolute Gasteiger partial charge is 0.497 e. The molecule has 3 heteroatoms. The van der Waals surface area contributed by atoms with Crippen LogP contribution in [-0.2, 0) is 6.42 Å². The van der Waals surface area contributed by atoms with Gasteiger partial charge in [-0.15, -0.1) is 0 Å². The lowest BCUT2D eigenvalue weighted by molar-refractivity contribution is 0.389. The molecule has 0 spiro atoms. The van der Waals surface area contributed by atoms with E-state index in [1.54, 1.807) is 7.11 Å². The molecule has 1 saturated carbocycles. The minimum absolute atomic E-state index is 0.527. The quantitative estimate of drug-likeness (QED) is 0.907. The fourth-order valence-corrected chi connectivity index (χ4v) is 4.46. The highest BCUT2D eigenvalue weighted by Crippen LogP contribution is 2.35. The second-order valence-electron chi connectivity index (χ2n) is 6.04. The van der Waals surface area contributed by atoms with Gasteiger partial charge in [-0.2, -0.15) is 11.8 Å². The first-order valence-electron chi connectivity index (χ1n) is 7.76. The fourth-order valence-electron chi connectivity index (χ4n) is 3.67. The molecule has 20 heavy (non-hydrogen) atoms. The van der Waals surface area contributed by atoms with Gasteiger partial charge in [-0.3, -0.25) is 0 Å². The average Bonchev–Trinajstić information content (AvgIpc) is 2.95. The zero-order chi connectivity index (χ0) is 13.9. The molecule has 0 aromatic heterocycles. The Morgan fingerprint density at radius 1 is 1.25 bits per heavy atom. The minimum Gasteiger partial charge on any atom is -0.497 e. The van der Waals surface area contributed by atoms with Crippen molar-refractivity contribution in [3.8, 4) is 5.75 Å². The van der Waals surface area contributed by atoms with E-state index in [0.29, 0.717) is 12.1 Å². The van der Waals surface area contributed by atoms with Gasteiger partial charge < -0.3 is 10.1 Å². The molecular formula is C17H25NOS. The Kier molecular flexibility index (Phi) is 4.57. The van der Waals surface area contributed by atoms with Crippen molar-refractivity contribution in [1.29, 1.82) is 0 Å². The lowest BCUT2D eigenvalue weighted by Gasteiger charge is -2.29. The van der Waals surface area contributed by atoms with E-state index in [1.165, 1.54) is 49.7 Å². The summed E-state index contributed by atoms with van der Waals surface area (Å²) in [7, 11) is 1.76. The van der Waals surface area contributed by atoms with Crippen LogP contribution < -0.4 is 10.1 Å². The van der Waals surface area contributed by atoms with Crippen molar-refractivity contribution < 1.29 is 4.74 Å². The maximum Gasteiger partial charge on any atom is 0.119 e. The number of hydrogen-bond acceptors (Lipinski definition) is 3. The smallest absolute Gasteiger partial charge is 0.119 e. The zero-order valence-electron chi connectivity index (χ0n) is 12.5.